The zero-order chi connectivity index (χ0) is 20.1. The number of carbonyl (C=O) groups excluding carboxylic acids is 2. The van der Waals surface area contributed by atoms with Gasteiger partial charge in [-0.15, -0.1) is 11.3 Å². The molecule has 148 valence electrons. The van der Waals surface area contributed by atoms with Crippen molar-refractivity contribution in [1.82, 2.24) is 14.9 Å². The average molecular weight is 407 g/mol. The topological polar surface area (TPSA) is 78.4 Å². The number of anilines is 2. The number of aldehydes is 1. The molecule has 0 bridgehead atoms. The first-order valence-corrected chi connectivity index (χ1v) is 10.3. The first-order chi connectivity index (χ1) is 14.2. The third-order valence-electron chi connectivity index (χ3n) is 4.81. The van der Waals surface area contributed by atoms with Crippen LogP contribution in [-0.2, 0) is 6.54 Å². The Morgan fingerprint density at radius 2 is 1.90 bits per heavy atom. The Balaban J connectivity index is 1.29. The van der Waals surface area contributed by atoms with Crippen molar-refractivity contribution in [3.05, 3.63) is 70.9 Å². The molecule has 3 heterocycles. The number of carbonyl (C=O) groups is 2. The average Bonchev–Trinajstić information content (AvgIpc) is 3.21. The highest BCUT2D eigenvalue weighted by molar-refractivity contribution is 7.14. The molecule has 7 nitrogen and oxygen atoms in total. The summed E-state index contributed by atoms with van der Waals surface area (Å²) in [5.74, 6) is 0.791. The van der Waals surface area contributed by atoms with Gasteiger partial charge in [0.25, 0.3) is 5.91 Å². The highest BCUT2D eigenvalue weighted by atomic mass is 32.1. The van der Waals surface area contributed by atoms with E-state index in [4.69, 9.17) is 0 Å². The van der Waals surface area contributed by atoms with Crippen molar-refractivity contribution >= 4 is 34.5 Å². The molecule has 29 heavy (non-hydrogen) atoms. The monoisotopic (exact) mass is 407 g/mol. The van der Waals surface area contributed by atoms with E-state index in [0.29, 0.717) is 16.3 Å². The second kappa shape index (κ2) is 8.93. The van der Waals surface area contributed by atoms with Gasteiger partial charge in [-0.3, -0.25) is 19.8 Å². The third kappa shape index (κ3) is 4.85. The van der Waals surface area contributed by atoms with Gasteiger partial charge in [0.2, 0.25) is 0 Å². The lowest BCUT2D eigenvalue weighted by Crippen LogP contribution is -2.46. The SMILES string of the molecule is O=Cc1ccc(C(=O)Nc2nc(CN3CCN(c4ccccn4)CC3)cs2)cc1. The van der Waals surface area contributed by atoms with Crippen LogP contribution < -0.4 is 10.2 Å². The summed E-state index contributed by atoms with van der Waals surface area (Å²) in [4.78, 5) is 36.7. The van der Waals surface area contributed by atoms with E-state index in [-0.39, 0.29) is 5.91 Å². The molecule has 1 aliphatic heterocycles. The lowest BCUT2D eigenvalue weighted by molar-refractivity contribution is 0.102. The predicted octanol–water partition coefficient (Wildman–Crippen LogP) is 2.93. The Labute approximate surface area is 173 Å². The van der Waals surface area contributed by atoms with Gasteiger partial charge in [0.05, 0.1) is 5.69 Å². The van der Waals surface area contributed by atoms with Crippen LogP contribution in [0.25, 0.3) is 0 Å². The number of hydrogen-bond acceptors (Lipinski definition) is 7. The van der Waals surface area contributed by atoms with E-state index in [1.54, 1.807) is 24.3 Å². The highest BCUT2D eigenvalue weighted by Gasteiger charge is 2.19. The maximum atomic E-state index is 12.3. The van der Waals surface area contributed by atoms with Crippen molar-refractivity contribution in [2.75, 3.05) is 36.4 Å². The summed E-state index contributed by atoms with van der Waals surface area (Å²) in [5.41, 5.74) is 1.99. The number of nitrogens with zero attached hydrogens (tertiary/aromatic N) is 4. The molecule has 0 atom stereocenters. The summed E-state index contributed by atoms with van der Waals surface area (Å²) in [6, 6.07) is 12.5. The lowest BCUT2D eigenvalue weighted by atomic mass is 10.1. The Morgan fingerprint density at radius 3 is 2.59 bits per heavy atom. The van der Waals surface area contributed by atoms with Gasteiger partial charge in [0.15, 0.2) is 5.13 Å². The van der Waals surface area contributed by atoms with E-state index in [1.165, 1.54) is 11.3 Å². The van der Waals surface area contributed by atoms with Gasteiger partial charge in [0.1, 0.15) is 12.1 Å². The Hall–Kier alpha value is -3.10. The number of benzene rings is 1. The Bertz CT molecular complexity index is 966. The second-order valence-corrected chi connectivity index (χ2v) is 7.65. The minimum Gasteiger partial charge on any atom is -0.354 e. The molecule has 1 saturated heterocycles. The Morgan fingerprint density at radius 1 is 1.10 bits per heavy atom. The van der Waals surface area contributed by atoms with Crippen LogP contribution in [0.3, 0.4) is 0 Å². The van der Waals surface area contributed by atoms with Crippen LogP contribution in [0.2, 0.25) is 0 Å². The number of thiazole rings is 1. The normalized spacial score (nSPS) is 14.6. The number of nitrogens with one attached hydrogen (secondary N) is 1. The number of pyridine rings is 1. The first kappa shape index (κ1) is 19.2. The smallest absolute Gasteiger partial charge is 0.257 e. The molecule has 4 rings (SSSR count). The molecule has 1 aliphatic rings. The molecule has 3 aromatic rings. The van der Waals surface area contributed by atoms with Crippen molar-refractivity contribution in [2.24, 2.45) is 0 Å². The molecule has 1 fully saturated rings. The summed E-state index contributed by atoms with van der Waals surface area (Å²) in [5, 5.41) is 5.39. The van der Waals surface area contributed by atoms with Crippen LogP contribution in [0, 0.1) is 0 Å². The summed E-state index contributed by atoms with van der Waals surface area (Å²) in [7, 11) is 0. The largest absolute Gasteiger partial charge is 0.354 e. The number of amides is 1. The summed E-state index contributed by atoms with van der Waals surface area (Å²) in [6.45, 7) is 4.51. The molecular weight excluding hydrogens is 386 g/mol. The van der Waals surface area contributed by atoms with Crippen molar-refractivity contribution in [3.63, 3.8) is 0 Å². The molecule has 1 N–H and O–H groups in total. The van der Waals surface area contributed by atoms with Crippen LogP contribution in [-0.4, -0.2) is 53.2 Å². The van der Waals surface area contributed by atoms with Crippen LogP contribution >= 0.6 is 11.3 Å². The van der Waals surface area contributed by atoms with Crippen molar-refractivity contribution in [2.45, 2.75) is 6.54 Å². The van der Waals surface area contributed by atoms with Crippen LogP contribution in [0.4, 0.5) is 10.9 Å². The van der Waals surface area contributed by atoms with E-state index in [1.807, 2.05) is 29.8 Å². The summed E-state index contributed by atoms with van der Waals surface area (Å²) >= 11 is 1.42. The maximum Gasteiger partial charge on any atom is 0.257 e. The molecule has 0 radical (unpaired) electrons. The zero-order valence-corrected chi connectivity index (χ0v) is 16.6. The third-order valence-corrected chi connectivity index (χ3v) is 5.62. The summed E-state index contributed by atoms with van der Waals surface area (Å²) in [6.07, 6.45) is 2.58. The standard InChI is InChI=1S/C21H21N5O2S/c27-14-16-4-6-17(7-5-16)20(28)24-21-23-18(15-29-21)13-25-9-11-26(12-10-25)19-3-1-2-8-22-19/h1-8,14-15H,9-13H2,(H,23,24,28). The number of rotatable bonds is 6. The molecule has 2 aromatic heterocycles. The van der Waals surface area contributed by atoms with Crippen LogP contribution in [0.1, 0.15) is 26.4 Å². The second-order valence-electron chi connectivity index (χ2n) is 6.79. The molecular formula is C21H21N5O2S. The van der Waals surface area contributed by atoms with E-state index >= 15 is 0 Å². The van der Waals surface area contributed by atoms with Gasteiger partial charge in [-0.25, -0.2) is 9.97 Å². The van der Waals surface area contributed by atoms with Gasteiger partial charge in [-0.05, 0) is 24.3 Å². The van der Waals surface area contributed by atoms with Gasteiger partial charge in [-0.1, -0.05) is 18.2 Å². The molecule has 0 unspecified atom stereocenters. The first-order valence-electron chi connectivity index (χ1n) is 9.40. The fourth-order valence-electron chi connectivity index (χ4n) is 3.22. The van der Waals surface area contributed by atoms with Crippen LogP contribution in [0.5, 0.6) is 0 Å². The van der Waals surface area contributed by atoms with Gasteiger partial charge >= 0.3 is 0 Å². The molecule has 0 aliphatic carbocycles. The van der Waals surface area contributed by atoms with Crippen LogP contribution in [0.15, 0.2) is 54.0 Å². The lowest BCUT2D eigenvalue weighted by Gasteiger charge is -2.35. The fraction of sp³-hybridized carbons (Fsp3) is 0.238. The zero-order valence-electron chi connectivity index (χ0n) is 15.8. The molecule has 8 heteroatoms. The fourth-order valence-corrected chi connectivity index (χ4v) is 3.92. The van der Waals surface area contributed by atoms with Gasteiger partial charge in [0, 0.05) is 55.4 Å². The molecule has 0 spiro atoms. The number of aromatic nitrogens is 2. The molecule has 1 aromatic carbocycles. The van der Waals surface area contributed by atoms with Crippen molar-refractivity contribution in [1.29, 1.82) is 0 Å². The quantitative estimate of drug-likeness (QED) is 0.633. The molecule has 0 saturated carbocycles. The van der Waals surface area contributed by atoms with E-state index in [0.717, 1.165) is 50.5 Å². The minimum atomic E-state index is -0.229. The van der Waals surface area contributed by atoms with Gasteiger partial charge < -0.3 is 4.90 Å². The predicted molar refractivity (Wildman–Crippen MR) is 114 cm³/mol. The highest BCUT2D eigenvalue weighted by Crippen LogP contribution is 2.19. The van der Waals surface area contributed by atoms with Crippen molar-refractivity contribution < 1.29 is 9.59 Å². The molecule has 1 amide bonds. The van der Waals surface area contributed by atoms with Gasteiger partial charge in [-0.2, -0.15) is 0 Å². The van der Waals surface area contributed by atoms with E-state index in [9.17, 15) is 9.59 Å². The maximum absolute atomic E-state index is 12.3. The summed E-state index contributed by atoms with van der Waals surface area (Å²) < 4.78 is 0. The Kier molecular flexibility index (Phi) is 5.92. The number of hydrogen-bond donors (Lipinski definition) is 1. The van der Waals surface area contributed by atoms with E-state index in [2.05, 4.69) is 25.1 Å². The van der Waals surface area contributed by atoms with Crippen molar-refractivity contribution in [3.8, 4) is 0 Å². The minimum absolute atomic E-state index is 0.229. The van der Waals surface area contributed by atoms with E-state index < -0.39 is 0 Å². The number of piperazine rings is 1.